The van der Waals surface area contributed by atoms with Crippen LogP contribution in [0.4, 0.5) is 0 Å². The van der Waals surface area contributed by atoms with Crippen LogP contribution >= 0.6 is 0 Å². The van der Waals surface area contributed by atoms with Crippen LogP contribution in [0.5, 0.6) is 0 Å². The topological polar surface area (TPSA) is 0 Å². The zero-order valence-corrected chi connectivity index (χ0v) is 25.9. The van der Waals surface area contributed by atoms with Crippen LogP contribution in [-0.2, 0) is 0 Å². The highest BCUT2D eigenvalue weighted by Crippen LogP contribution is 2.25. The Morgan fingerprint density at radius 1 is 0.400 bits per heavy atom. The first-order valence-electron chi connectivity index (χ1n) is 14.1. The first kappa shape index (κ1) is 33.9. The quantitative estimate of drug-likeness (QED) is 0.232. The molecule has 0 aliphatic carbocycles. The Labute approximate surface area is 244 Å². The van der Waals surface area contributed by atoms with E-state index in [9.17, 15) is 0 Å². The van der Waals surface area contributed by atoms with Crippen molar-refractivity contribution in [2.24, 2.45) is 0 Å². The molecule has 0 nitrogen and oxygen atoms in total. The zero-order valence-electron chi connectivity index (χ0n) is 25.9. The van der Waals surface area contributed by atoms with Gasteiger partial charge in [-0.05, 0) is 99.2 Å². The van der Waals surface area contributed by atoms with Gasteiger partial charge in [-0.1, -0.05) is 146 Å². The zero-order chi connectivity index (χ0) is 29.6. The minimum atomic E-state index is 1.31. The Balaban J connectivity index is 0.000000278. The Kier molecular flexibility index (Phi) is 17.6. The molecule has 0 N–H and O–H groups in total. The molecule has 0 saturated carbocycles. The van der Waals surface area contributed by atoms with Crippen molar-refractivity contribution < 1.29 is 0 Å². The molecule has 4 aromatic rings. The van der Waals surface area contributed by atoms with Gasteiger partial charge in [0.1, 0.15) is 0 Å². The van der Waals surface area contributed by atoms with E-state index in [-0.39, 0.29) is 0 Å². The summed E-state index contributed by atoms with van der Waals surface area (Å²) in [5, 5.41) is 2.62. The molecule has 4 aromatic carbocycles. The van der Waals surface area contributed by atoms with Crippen molar-refractivity contribution >= 4 is 18.2 Å². The van der Waals surface area contributed by atoms with Crippen molar-refractivity contribution in [3.05, 3.63) is 160 Å². The van der Waals surface area contributed by atoms with Crippen LogP contribution in [-0.4, -0.2) is 0 Å². The third-order valence-corrected chi connectivity index (χ3v) is 6.23. The molecule has 0 radical (unpaired) electrons. The molecule has 0 spiro atoms. The van der Waals surface area contributed by atoms with Gasteiger partial charge in [0.25, 0.3) is 0 Å². The Morgan fingerprint density at radius 2 is 0.775 bits per heavy atom. The molecule has 208 valence electrons. The maximum atomic E-state index is 2.18. The second-order valence-corrected chi connectivity index (χ2v) is 9.24. The van der Waals surface area contributed by atoms with Crippen molar-refractivity contribution in [1.82, 2.24) is 0 Å². The van der Waals surface area contributed by atoms with Gasteiger partial charge in [-0.15, -0.1) is 0 Å². The number of benzene rings is 4. The van der Waals surface area contributed by atoms with Gasteiger partial charge in [0.15, 0.2) is 0 Å². The third-order valence-electron chi connectivity index (χ3n) is 6.23. The molecule has 0 bridgehead atoms. The lowest BCUT2D eigenvalue weighted by molar-refractivity contribution is 1.41. The molecular formula is C40H48. The fourth-order valence-electron chi connectivity index (χ4n) is 3.96. The molecule has 0 amide bonds. The van der Waals surface area contributed by atoms with Crippen LogP contribution in [0.15, 0.2) is 127 Å². The van der Waals surface area contributed by atoms with E-state index in [4.69, 9.17) is 0 Å². The van der Waals surface area contributed by atoms with E-state index in [0.717, 1.165) is 0 Å². The van der Waals surface area contributed by atoms with Gasteiger partial charge in [-0.25, -0.2) is 0 Å². The molecule has 0 unspecified atom stereocenters. The average Bonchev–Trinajstić information content (AvgIpc) is 2.99. The summed E-state index contributed by atoms with van der Waals surface area (Å²) in [6.45, 7) is 16.6. The highest BCUT2D eigenvalue weighted by Gasteiger charge is 2.02. The Hall–Kier alpha value is -4.16. The van der Waals surface area contributed by atoms with E-state index in [2.05, 4.69) is 156 Å². The molecule has 0 aliphatic heterocycles. The predicted octanol–water partition coefficient (Wildman–Crippen LogP) is 10.4. The number of aryl methyl sites for hydroxylation is 3. The maximum absolute atomic E-state index is 2.18. The highest BCUT2D eigenvalue weighted by atomic mass is 14.1. The van der Waals surface area contributed by atoms with Crippen LogP contribution in [0, 0.1) is 20.8 Å². The summed E-state index contributed by atoms with van der Waals surface area (Å²) in [5.74, 6) is 0. The molecule has 0 atom stereocenters. The van der Waals surface area contributed by atoms with E-state index < -0.39 is 0 Å². The fourth-order valence-corrected chi connectivity index (χ4v) is 3.96. The number of hydrogen-bond acceptors (Lipinski definition) is 0. The van der Waals surface area contributed by atoms with Crippen LogP contribution in [0.1, 0.15) is 56.9 Å². The molecule has 0 heteroatoms. The van der Waals surface area contributed by atoms with Crippen molar-refractivity contribution in [1.29, 1.82) is 0 Å². The largest absolute Gasteiger partial charge is 0.0877 e. The summed E-state index contributed by atoms with van der Waals surface area (Å²) < 4.78 is 0. The van der Waals surface area contributed by atoms with E-state index in [0.29, 0.717) is 0 Å². The number of hydrogen-bond donors (Lipinski definition) is 0. The normalized spacial score (nSPS) is 11.5. The maximum Gasteiger partial charge on any atom is -0.0152 e. The van der Waals surface area contributed by atoms with Gasteiger partial charge in [-0.2, -0.15) is 0 Å². The smallest absolute Gasteiger partial charge is 0.0152 e. The summed E-state index contributed by atoms with van der Waals surface area (Å²) in [6.07, 6.45) is 16.4. The Bertz CT molecular complexity index is 1380. The van der Waals surface area contributed by atoms with Crippen molar-refractivity contribution in [2.75, 3.05) is 0 Å². The second-order valence-electron chi connectivity index (χ2n) is 9.24. The number of allylic oxidation sites excluding steroid dienone is 5. The van der Waals surface area contributed by atoms with E-state index in [1.54, 1.807) is 0 Å². The predicted molar refractivity (Wildman–Crippen MR) is 183 cm³/mol. The van der Waals surface area contributed by atoms with Crippen LogP contribution in [0.2, 0.25) is 0 Å². The van der Waals surface area contributed by atoms with Crippen molar-refractivity contribution in [3.63, 3.8) is 0 Å². The minimum absolute atomic E-state index is 1.31. The lowest BCUT2D eigenvalue weighted by Crippen LogP contribution is -2.22. The van der Waals surface area contributed by atoms with Crippen molar-refractivity contribution in [3.8, 4) is 11.1 Å². The van der Waals surface area contributed by atoms with E-state index in [1.807, 2.05) is 45.1 Å². The molecule has 0 aromatic heterocycles. The molecule has 40 heavy (non-hydrogen) atoms. The third kappa shape index (κ3) is 12.6. The van der Waals surface area contributed by atoms with Crippen LogP contribution < -0.4 is 10.4 Å². The SMILES string of the molecule is C/C=C\C=C/C.C/C=C\c1ccccc1C.C/C=c1/cccc/c1=C/C.Cc1ccccc1-c1ccccc1C. The standard InChI is InChI=1S/C14H14.2C10H12.C6H10/c1-11-7-3-5-9-13(11)14-10-6-4-8-12(14)2;1-3-6-10-8-5-4-7-9(10)2;1-3-9-7-5-6-8-10(9)4-2;1-3-5-6-4-2/h3-10H,1-2H3;2*3-8H,1-2H3;3-6H,1-2H3/b;6-3-;9-3-,10-4-;5-3-,6-4-. The monoisotopic (exact) mass is 528 g/mol. The molecule has 4 rings (SSSR count). The Morgan fingerprint density at radius 3 is 1.12 bits per heavy atom. The summed E-state index contributed by atoms with van der Waals surface area (Å²) in [4.78, 5) is 0. The van der Waals surface area contributed by atoms with Gasteiger partial charge < -0.3 is 0 Å². The summed E-state index contributed by atoms with van der Waals surface area (Å²) >= 11 is 0. The molecule has 0 fully saturated rings. The molecule has 0 aliphatic rings. The minimum Gasteiger partial charge on any atom is -0.0877 e. The van der Waals surface area contributed by atoms with Crippen LogP contribution in [0.3, 0.4) is 0 Å². The van der Waals surface area contributed by atoms with E-state index in [1.165, 1.54) is 43.8 Å². The summed E-state index contributed by atoms with van der Waals surface area (Å²) in [7, 11) is 0. The van der Waals surface area contributed by atoms with E-state index >= 15 is 0 Å². The van der Waals surface area contributed by atoms with Gasteiger partial charge >= 0.3 is 0 Å². The fraction of sp³-hybridized carbons (Fsp3) is 0.200. The van der Waals surface area contributed by atoms with Crippen molar-refractivity contribution in [2.45, 2.75) is 55.4 Å². The summed E-state index contributed by atoms with van der Waals surface area (Å²) in [6, 6.07) is 33.7. The molecule has 0 saturated heterocycles. The van der Waals surface area contributed by atoms with Gasteiger partial charge in [0.05, 0.1) is 0 Å². The van der Waals surface area contributed by atoms with Crippen LogP contribution in [0.25, 0.3) is 29.4 Å². The molecular weight excluding hydrogens is 480 g/mol. The first-order chi connectivity index (χ1) is 19.4. The average molecular weight is 529 g/mol. The lowest BCUT2D eigenvalue weighted by Gasteiger charge is -2.08. The second kappa shape index (κ2) is 20.8. The molecule has 0 heterocycles. The summed E-state index contributed by atoms with van der Waals surface area (Å²) in [5.41, 5.74) is 7.99. The lowest BCUT2D eigenvalue weighted by atomic mass is 9.97. The first-order valence-corrected chi connectivity index (χ1v) is 14.1. The van der Waals surface area contributed by atoms with Gasteiger partial charge in [0, 0.05) is 0 Å². The van der Waals surface area contributed by atoms with Gasteiger partial charge in [-0.3, -0.25) is 0 Å². The number of rotatable bonds is 3. The highest BCUT2D eigenvalue weighted by molar-refractivity contribution is 5.70. The van der Waals surface area contributed by atoms with Gasteiger partial charge in [0.2, 0.25) is 0 Å².